The van der Waals surface area contributed by atoms with E-state index >= 15 is 0 Å². The summed E-state index contributed by atoms with van der Waals surface area (Å²) in [5.41, 5.74) is 0.277. The Morgan fingerprint density at radius 2 is 2.05 bits per heavy atom. The van der Waals surface area contributed by atoms with Crippen LogP contribution in [0.4, 0.5) is 4.39 Å². The van der Waals surface area contributed by atoms with Crippen LogP contribution in [0.2, 0.25) is 0 Å². The molecule has 0 atom stereocenters. The minimum Gasteiger partial charge on any atom is -0.457 e. The van der Waals surface area contributed by atoms with E-state index in [2.05, 4.69) is 26.1 Å². The number of fused-ring (bicyclic) bond motifs is 1. The fourth-order valence-corrected chi connectivity index (χ4v) is 2.19. The average molecular weight is 263 g/mol. The molecule has 0 amide bonds. The number of para-hydroxylation sites is 1. The highest BCUT2D eigenvalue weighted by Gasteiger charge is 2.25. The molecule has 2 aromatic rings. The summed E-state index contributed by atoms with van der Waals surface area (Å²) < 4.78 is 19.4. The van der Waals surface area contributed by atoms with Gasteiger partial charge in [-0.15, -0.1) is 0 Å². The van der Waals surface area contributed by atoms with Crippen LogP contribution >= 0.6 is 0 Å². The second kappa shape index (κ2) is 5.74. The van der Waals surface area contributed by atoms with Crippen LogP contribution in [0.1, 0.15) is 39.4 Å². The van der Waals surface area contributed by atoms with Gasteiger partial charge in [-0.3, -0.25) is 0 Å². The Kier molecular flexibility index (Phi) is 4.25. The van der Waals surface area contributed by atoms with E-state index in [1.807, 2.05) is 12.1 Å². The molecule has 104 valence electrons. The van der Waals surface area contributed by atoms with Gasteiger partial charge in [0.1, 0.15) is 5.76 Å². The average Bonchev–Trinajstić information content (AvgIpc) is 2.81. The van der Waals surface area contributed by atoms with Gasteiger partial charge in [-0.25, -0.2) is 4.39 Å². The van der Waals surface area contributed by atoms with Gasteiger partial charge in [0.15, 0.2) is 11.4 Å². The third-order valence-corrected chi connectivity index (χ3v) is 3.52. The van der Waals surface area contributed by atoms with E-state index in [-0.39, 0.29) is 11.2 Å². The number of benzene rings is 1. The Labute approximate surface area is 114 Å². The molecule has 19 heavy (non-hydrogen) atoms. The zero-order valence-electron chi connectivity index (χ0n) is 11.9. The standard InChI is InChI=1S/C16H22FNO/c1-4-9-18-10-8-16(2,3)14-11-12-6-5-7-13(17)15(12)19-14/h5-7,11,18H,4,8-10H2,1-3H3. The van der Waals surface area contributed by atoms with Gasteiger partial charge in [-0.05, 0) is 38.1 Å². The molecule has 0 saturated carbocycles. The number of nitrogens with one attached hydrogen (secondary N) is 1. The summed E-state index contributed by atoms with van der Waals surface area (Å²) in [6.45, 7) is 8.40. The highest BCUT2D eigenvalue weighted by atomic mass is 19.1. The van der Waals surface area contributed by atoms with Crippen molar-refractivity contribution in [1.29, 1.82) is 0 Å². The van der Waals surface area contributed by atoms with Gasteiger partial charge in [-0.2, -0.15) is 0 Å². The molecule has 1 N–H and O–H groups in total. The summed E-state index contributed by atoms with van der Waals surface area (Å²) in [5, 5.41) is 4.23. The topological polar surface area (TPSA) is 25.2 Å². The maximum absolute atomic E-state index is 13.6. The Bertz CT molecular complexity index is 545. The normalized spacial score (nSPS) is 12.2. The predicted molar refractivity (Wildman–Crippen MR) is 77.0 cm³/mol. The fraction of sp³-hybridized carbons (Fsp3) is 0.500. The Hall–Kier alpha value is -1.35. The first-order valence-electron chi connectivity index (χ1n) is 6.94. The number of hydrogen-bond donors (Lipinski definition) is 1. The molecule has 1 aromatic heterocycles. The Morgan fingerprint density at radius 3 is 2.74 bits per heavy atom. The number of halogens is 1. The molecule has 0 radical (unpaired) electrons. The zero-order valence-corrected chi connectivity index (χ0v) is 11.9. The van der Waals surface area contributed by atoms with Crippen molar-refractivity contribution in [2.75, 3.05) is 13.1 Å². The van der Waals surface area contributed by atoms with Gasteiger partial charge in [0, 0.05) is 10.8 Å². The summed E-state index contributed by atoms with van der Waals surface area (Å²) in [6.07, 6.45) is 2.10. The third kappa shape index (κ3) is 3.16. The van der Waals surface area contributed by atoms with Crippen molar-refractivity contribution in [1.82, 2.24) is 5.32 Å². The van der Waals surface area contributed by atoms with Crippen molar-refractivity contribution in [2.24, 2.45) is 0 Å². The van der Waals surface area contributed by atoms with Crippen LogP contribution in [0, 0.1) is 5.82 Å². The molecule has 1 aromatic carbocycles. The van der Waals surface area contributed by atoms with Crippen molar-refractivity contribution in [2.45, 2.75) is 39.0 Å². The Balaban J connectivity index is 2.15. The molecule has 0 aliphatic carbocycles. The first kappa shape index (κ1) is 14.1. The van der Waals surface area contributed by atoms with Gasteiger partial charge in [0.05, 0.1) is 0 Å². The molecule has 2 rings (SSSR count). The summed E-state index contributed by atoms with van der Waals surface area (Å²) in [6, 6.07) is 6.99. The number of furan rings is 1. The monoisotopic (exact) mass is 263 g/mol. The Morgan fingerprint density at radius 1 is 1.26 bits per heavy atom. The maximum atomic E-state index is 13.6. The molecule has 3 heteroatoms. The van der Waals surface area contributed by atoms with Crippen molar-refractivity contribution in [3.8, 4) is 0 Å². The van der Waals surface area contributed by atoms with Crippen LogP contribution < -0.4 is 5.32 Å². The van der Waals surface area contributed by atoms with E-state index < -0.39 is 0 Å². The predicted octanol–water partition coefficient (Wildman–Crippen LogP) is 4.24. The molecule has 0 fully saturated rings. The molecule has 0 saturated heterocycles. The molecular formula is C16H22FNO. The molecule has 0 aliphatic heterocycles. The smallest absolute Gasteiger partial charge is 0.169 e. The number of hydrogen-bond acceptors (Lipinski definition) is 2. The van der Waals surface area contributed by atoms with Gasteiger partial charge < -0.3 is 9.73 Å². The lowest BCUT2D eigenvalue weighted by Crippen LogP contribution is -2.25. The van der Waals surface area contributed by atoms with Crippen molar-refractivity contribution < 1.29 is 8.81 Å². The van der Waals surface area contributed by atoms with Crippen molar-refractivity contribution in [3.05, 3.63) is 35.8 Å². The van der Waals surface area contributed by atoms with Crippen LogP contribution in [0.5, 0.6) is 0 Å². The molecule has 0 aliphatic rings. The van der Waals surface area contributed by atoms with E-state index in [1.54, 1.807) is 6.07 Å². The first-order valence-corrected chi connectivity index (χ1v) is 6.94. The molecule has 1 heterocycles. The summed E-state index contributed by atoms with van der Waals surface area (Å²) in [5.74, 6) is 0.564. The van der Waals surface area contributed by atoms with E-state index in [0.717, 1.165) is 37.1 Å². The van der Waals surface area contributed by atoms with E-state index in [0.29, 0.717) is 5.58 Å². The van der Waals surface area contributed by atoms with Gasteiger partial charge in [-0.1, -0.05) is 32.9 Å². The van der Waals surface area contributed by atoms with E-state index in [1.165, 1.54) is 6.07 Å². The largest absolute Gasteiger partial charge is 0.457 e. The molecule has 0 unspecified atom stereocenters. The number of rotatable bonds is 6. The molecule has 2 nitrogen and oxygen atoms in total. The molecule has 0 bridgehead atoms. The lowest BCUT2D eigenvalue weighted by Gasteiger charge is -2.22. The minimum atomic E-state index is -0.288. The quantitative estimate of drug-likeness (QED) is 0.789. The van der Waals surface area contributed by atoms with Crippen molar-refractivity contribution >= 4 is 11.0 Å². The highest BCUT2D eigenvalue weighted by Crippen LogP contribution is 2.32. The van der Waals surface area contributed by atoms with E-state index in [9.17, 15) is 4.39 Å². The summed E-state index contributed by atoms with van der Waals surface area (Å²) in [4.78, 5) is 0. The van der Waals surface area contributed by atoms with Gasteiger partial charge in [0.25, 0.3) is 0 Å². The van der Waals surface area contributed by atoms with Gasteiger partial charge in [0.2, 0.25) is 0 Å². The zero-order chi connectivity index (χ0) is 13.9. The summed E-state index contributed by atoms with van der Waals surface area (Å²) in [7, 11) is 0. The van der Waals surface area contributed by atoms with Gasteiger partial charge >= 0.3 is 0 Å². The third-order valence-electron chi connectivity index (χ3n) is 3.52. The van der Waals surface area contributed by atoms with Crippen molar-refractivity contribution in [3.63, 3.8) is 0 Å². The fourth-order valence-electron chi connectivity index (χ4n) is 2.19. The second-order valence-electron chi connectivity index (χ2n) is 5.65. The van der Waals surface area contributed by atoms with Crippen LogP contribution in [0.15, 0.2) is 28.7 Å². The van der Waals surface area contributed by atoms with Crippen LogP contribution in [0.3, 0.4) is 0 Å². The van der Waals surface area contributed by atoms with Crippen LogP contribution in [-0.2, 0) is 5.41 Å². The second-order valence-corrected chi connectivity index (χ2v) is 5.65. The summed E-state index contributed by atoms with van der Waals surface area (Å²) >= 11 is 0. The lowest BCUT2D eigenvalue weighted by molar-refractivity contribution is 0.367. The van der Waals surface area contributed by atoms with Crippen LogP contribution in [-0.4, -0.2) is 13.1 Å². The SMILES string of the molecule is CCCNCCC(C)(C)c1cc2cccc(F)c2o1. The first-order chi connectivity index (χ1) is 9.04. The molecular weight excluding hydrogens is 241 g/mol. The van der Waals surface area contributed by atoms with E-state index in [4.69, 9.17) is 4.42 Å². The highest BCUT2D eigenvalue weighted by molar-refractivity contribution is 5.78. The van der Waals surface area contributed by atoms with Crippen LogP contribution in [0.25, 0.3) is 11.0 Å². The molecule has 0 spiro atoms. The minimum absolute atomic E-state index is 0.0911. The lowest BCUT2D eigenvalue weighted by atomic mass is 9.86. The maximum Gasteiger partial charge on any atom is 0.169 e.